The van der Waals surface area contributed by atoms with Gasteiger partial charge in [-0.15, -0.1) is 0 Å². The molecule has 0 spiro atoms. The molecule has 0 atom stereocenters. The Hall–Kier alpha value is -7.96. The number of methoxy groups -OCH3 is 2. The van der Waals surface area contributed by atoms with Gasteiger partial charge in [0.25, 0.3) is 11.1 Å². The average Bonchev–Trinajstić information content (AvgIpc) is 3.30. The second-order valence-corrected chi connectivity index (χ2v) is 14.9. The largest absolute Gasteiger partial charge is 0.504 e. The van der Waals surface area contributed by atoms with Crippen LogP contribution in [0.3, 0.4) is 0 Å². The summed E-state index contributed by atoms with van der Waals surface area (Å²) in [6.45, 7) is 7.75. The van der Waals surface area contributed by atoms with E-state index in [1.807, 2.05) is 101 Å². The lowest BCUT2D eigenvalue weighted by atomic mass is 10.1. The first-order valence-electron chi connectivity index (χ1n) is 20.5. The standard InChI is InChI=1S/C27H26N2O5.C25H22N2O3/c1-17-15-20(34-14-13-30)16-18(2)25(17)29-24(28-22-9-5-4-8-21(22)27(29)32)12-11-19-7-6-10-23(33-3)26(19)31;1-16-9-4-7-13-21(16)27-24(26-20-12-6-5-11-19(20)25(27)29)17(2)15-18-10-8-14-22(30-3)23(18)28/h4-12,15-16,30-31H,13-14H2,1-3H3;4-15,28H,1-3H3/b12-11+;17-15+. The lowest BCUT2D eigenvalue weighted by molar-refractivity contribution is 0.201. The number of allylic oxidation sites excluding steroid dienone is 1. The smallest absolute Gasteiger partial charge is 0.266 e. The van der Waals surface area contributed by atoms with Gasteiger partial charge in [-0.25, -0.2) is 9.97 Å². The van der Waals surface area contributed by atoms with E-state index >= 15 is 0 Å². The zero-order valence-corrected chi connectivity index (χ0v) is 36.4. The van der Waals surface area contributed by atoms with E-state index in [1.54, 1.807) is 75.9 Å². The molecular formula is C52H48N4O8. The highest BCUT2D eigenvalue weighted by atomic mass is 16.5. The number of nitrogens with zero attached hydrogens (tertiary/aromatic N) is 4. The molecule has 8 aromatic rings. The number of rotatable bonds is 11. The molecule has 2 heterocycles. The number of aryl methyl sites for hydroxylation is 3. The Balaban J connectivity index is 0.000000193. The van der Waals surface area contributed by atoms with Gasteiger partial charge in [-0.05, 0) is 123 Å². The Morgan fingerprint density at radius 1 is 0.641 bits per heavy atom. The number of para-hydroxylation sites is 5. The summed E-state index contributed by atoms with van der Waals surface area (Å²) in [6.07, 6.45) is 5.22. The van der Waals surface area contributed by atoms with Crippen LogP contribution < -0.4 is 25.3 Å². The molecule has 0 amide bonds. The van der Waals surface area contributed by atoms with Crippen LogP contribution in [0.2, 0.25) is 0 Å². The van der Waals surface area contributed by atoms with Gasteiger partial charge in [0.2, 0.25) is 0 Å². The molecule has 12 nitrogen and oxygen atoms in total. The molecule has 0 saturated carbocycles. The van der Waals surface area contributed by atoms with E-state index in [0.29, 0.717) is 67.5 Å². The van der Waals surface area contributed by atoms with Crippen molar-refractivity contribution in [2.45, 2.75) is 27.7 Å². The van der Waals surface area contributed by atoms with Crippen LogP contribution in [0.15, 0.2) is 131 Å². The maximum Gasteiger partial charge on any atom is 0.266 e. The van der Waals surface area contributed by atoms with Gasteiger partial charge in [0, 0.05) is 11.1 Å². The third kappa shape index (κ3) is 8.99. The normalized spacial score (nSPS) is 11.5. The predicted molar refractivity (Wildman–Crippen MR) is 253 cm³/mol. The minimum Gasteiger partial charge on any atom is -0.504 e. The Kier molecular flexibility index (Phi) is 13.4. The molecule has 0 aliphatic heterocycles. The van der Waals surface area contributed by atoms with Gasteiger partial charge in [0.05, 0.1) is 54.0 Å². The van der Waals surface area contributed by atoms with Crippen LogP contribution in [-0.2, 0) is 0 Å². The molecule has 3 N–H and O–H groups in total. The summed E-state index contributed by atoms with van der Waals surface area (Å²) in [7, 11) is 3.00. The molecule has 0 saturated heterocycles. The summed E-state index contributed by atoms with van der Waals surface area (Å²) >= 11 is 0. The number of hydrogen-bond donors (Lipinski definition) is 3. The molecule has 0 radical (unpaired) electrons. The van der Waals surface area contributed by atoms with Crippen LogP contribution in [0.4, 0.5) is 0 Å². The first kappa shape index (κ1) is 44.1. The Labute approximate surface area is 369 Å². The molecule has 64 heavy (non-hydrogen) atoms. The topological polar surface area (TPSA) is 158 Å². The highest BCUT2D eigenvalue weighted by Crippen LogP contribution is 2.34. The molecular weight excluding hydrogens is 809 g/mol. The lowest BCUT2D eigenvalue weighted by Crippen LogP contribution is -2.24. The summed E-state index contributed by atoms with van der Waals surface area (Å²) in [5, 5.41) is 31.1. The zero-order valence-electron chi connectivity index (χ0n) is 36.4. The fourth-order valence-corrected chi connectivity index (χ4v) is 7.55. The van der Waals surface area contributed by atoms with Crippen LogP contribution in [-0.4, -0.2) is 61.9 Å². The fraction of sp³-hybridized carbons (Fsp3) is 0.154. The Bertz CT molecular complexity index is 3180. The van der Waals surface area contributed by atoms with E-state index in [4.69, 9.17) is 29.3 Å². The number of ether oxygens (including phenoxy) is 3. The number of aromatic nitrogens is 4. The minimum absolute atomic E-state index is 0.00804. The Morgan fingerprint density at radius 3 is 1.80 bits per heavy atom. The first-order valence-corrected chi connectivity index (χ1v) is 20.5. The monoisotopic (exact) mass is 856 g/mol. The molecule has 6 aromatic carbocycles. The highest BCUT2D eigenvalue weighted by molar-refractivity contribution is 5.85. The molecule has 0 aliphatic carbocycles. The summed E-state index contributed by atoms with van der Waals surface area (Å²) in [6, 6.07) is 36.4. The number of phenolic OH excluding ortho intramolecular Hbond substituents is 2. The molecule has 0 fully saturated rings. The molecule has 0 aliphatic rings. The number of benzene rings is 6. The Morgan fingerprint density at radius 2 is 1.19 bits per heavy atom. The van der Waals surface area contributed by atoms with Gasteiger partial charge < -0.3 is 29.5 Å². The maximum atomic E-state index is 13.6. The van der Waals surface area contributed by atoms with Gasteiger partial charge >= 0.3 is 0 Å². The number of hydrogen-bond acceptors (Lipinski definition) is 10. The lowest BCUT2D eigenvalue weighted by Gasteiger charge is -2.18. The van der Waals surface area contributed by atoms with Crippen LogP contribution in [0.25, 0.3) is 57.0 Å². The van der Waals surface area contributed by atoms with E-state index in [9.17, 15) is 19.8 Å². The zero-order chi connectivity index (χ0) is 45.5. The molecule has 324 valence electrons. The first-order chi connectivity index (χ1) is 30.9. The van der Waals surface area contributed by atoms with Gasteiger partial charge in [-0.3, -0.25) is 18.7 Å². The third-order valence-corrected chi connectivity index (χ3v) is 10.6. The quantitative estimate of drug-likeness (QED) is 0.115. The molecule has 0 bridgehead atoms. The summed E-state index contributed by atoms with van der Waals surface area (Å²) in [4.78, 5) is 36.7. The van der Waals surface area contributed by atoms with E-state index in [-0.39, 0.29) is 35.8 Å². The van der Waals surface area contributed by atoms with Gasteiger partial charge in [0.1, 0.15) is 24.0 Å². The molecule has 8 rings (SSSR count). The maximum absolute atomic E-state index is 13.6. The SMILES string of the molecule is COc1cccc(/C=C(\C)c2nc3ccccc3c(=O)n2-c2ccccc2C)c1O.COc1cccc(/C=C/c2nc3ccccc3c(=O)n2-c2c(C)cc(OCCO)cc2C)c1O. The second kappa shape index (κ2) is 19.4. The highest BCUT2D eigenvalue weighted by Gasteiger charge is 2.18. The van der Waals surface area contributed by atoms with Crippen molar-refractivity contribution in [3.8, 4) is 40.1 Å². The average molecular weight is 857 g/mol. The van der Waals surface area contributed by atoms with Crippen molar-refractivity contribution in [1.82, 2.24) is 19.1 Å². The van der Waals surface area contributed by atoms with Crippen molar-refractivity contribution in [3.63, 3.8) is 0 Å². The predicted octanol–water partition coefficient (Wildman–Crippen LogP) is 9.23. The number of aliphatic hydroxyl groups is 1. The van der Waals surface area contributed by atoms with Crippen LogP contribution in [0.5, 0.6) is 28.7 Å². The number of fused-ring (bicyclic) bond motifs is 2. The van der Waals surface area contributed by atoms with Crippen LogP contribution in [0.1, 0.15) is 46.4 Å². The van der Waals surface area contributed by atoms with E-state index in [2.05, 4.69) is 0 Å². The number of aliphatic hydroxyl groups excluding tert-OH is 1. The summed E-state index contributed by atoms with van der Waals surface area (Å²) in [5.41, 5.74) is 6.84. The molecule has 0 unspecified atom stereocenters. The van der Waals surface area contributed by atoms with Crippen LogP contribution in [0, 0.1) is 20.8 Å². The van der Waals surface area contributed by atoms with Crippen molar-refractivity contribution in [3.05, 3.63) is 182 Å². The van der Waals surface area contributed by atoms with Crippen LogP contribution >= 0.6 is 0 Å². The minimum atomic E-state index is -0.199. The summed E-state index contributed by atoms with van der Waals surface area (Å²) in [5.74, 6) is 2.36. The molecule has 2 aromatic heterocycles. The van der Waals surface area contributed by atoms with Crippen molar-refractivity contribution >= 4 is 45.6 Å². The molecule has 12 heteroatoms. The van der Waals surface area contributed by atoms with Gasteiger partial charge in [-0.2, -0.15) is 0 Å². The van der Waals surface area contributed by atoms with E-state index < -0.39 is 0 Å². The number of phenols is 2. The fourth-order valence-electron chi connectivity index (χ4n) is 7.55. The third-order valence-electron chi connectivity index (χ3n) is 10.6. The van der Waals surface area contributed by atoms with Crippen molar-refractivity contribution in [2.75, 3.05) is 27.4 Å². The van der Waals surface area contributed by atoms with Crippen molar-refractivity contribution < 1.29 is 29.5 Å². The van der Waals surface area contributed by atoms with E-state index in [1.165, 1.54) is 14.2 Å². The van der Waals surface area contributed by atoms with Gasteiger partial charge in [-0.1, -0.05) is 66.7 Å². The number of aromatic hydroxyl groups is 2. The van der Waals surface area contributed by atoms with E-state index in [0.717, 1.165) is 28.0 Å². The van der Waals surface area contributed by atoms with Gasteiger partial charge in [0.15, 0.2) is 23.0 Å². The van der Waals surface area contributed by atoms with Crippen molar-refractivity contribution in [2.24, 2.45) is 0 Å². The second-order valence-electron chi connectivity index (χ2n) is 14.9. The summed E-state index contributed by atoms with van der Waals surface area (Å²) < 4.78 is 19.2. The van der Waals surface area contributed by atoms with Crippen molar-refractivity contribution in [1.29, 1.82) is 0 Å².